The van der Waals surface area contributed by atoms with Crippen molar-refractivity contribution >= 4 is 5.96 Å². The molecule has 0 spiro atoms. The molecule has 1 aromatic rings. The van der Waals surface area contributed by atoms with Gasteiger partial charge < -0.3 is 14.5 Å². The third-order valence-electron chi connectivity index (χ3n) is 2.36. The van der Waals surface area contributed by atoms with Crippen LogP contribution in [-0.4, -0.2) is 62.0 Å². The number of halogens is 2. The first-order valence-electron chi connectivity index (χ1n) is 6.15. The minimum absolute atomic E-state index is 0.189. The molecule has 0 aliphatic carbocycles. The van der Waals surface area contributed by atoms with Gasteiger partial charge in [-0.3, -0.25) is 0 Å². The van der Waals surface area contributed by atoms with Gasteiger partial charge in [-0.15, -0.1) is 0 Å². The first-order valence-corrected chi connectivity index (χ1v) is 6.15. The lowest BCUT2D eigenvalue weighted by atomic mass is 10.3. The Morgan fingerprint density at radius 3 is 2.50 bits per heavy atom. The average Bonchev–Trinajstić information content (AvgIpc) is 2.36. The van der Waals surface area contributed by atoms with Crippen LogP contribution in [0.15, 0.2) is 23.3 Å². The van der Waals surface area contributed by atoms with Crippen molar-refractivity contribution in [3.05, 3.63) is 23.9 Å². The molecule has 0 unspecified atom stereocenters. The van der Waals surface area contributed by atoms with Crippen molar-refractivity contribution in [1.29, 1.82) is 0 Å². The highest BCUT2D eigenvalue weighted by atomic mass is 19.3. The summed E-state index contributed by atoms with van der Waals surface area (Å²) in [6, 6.07) is 3.40. The molecule has 0 saturated heterocycles. The number of hydrogen-bond donors (Lipinski definition) is 0. The van der Waals surface area contributed by atoms with E-state index in [2.05, 4.69) is 9.98 Å². The lowest BCUT2D eigenvalue weighted by Crippen LogP contribution is -2.35. The van der Waals surface area contributed by atoms with Gasteiger partial charge in [-0.25, -0.2) is 18.8 Å². The molecule has 20 heavy (non-hydrogen) atoms. The fourth-order valence-corrected chi connectivity index (χ4v) is 1.62. The lowest BCUT2D eigenvalue weighted by molar-refractivity contribution is 0.0795. The number of rotatable bonds is 5. The van der Waals surface area contributed by atoms with E-state index in [9.17, 15) is 8.78 Å². The van der Waals surface area contributed by atoms with Crippen LogP contribution in [-0.2, 0) is 6.54 Å². The first kappa shape index (κ1) is 16.1. The molecule has 0 bridgehead atoms. The molecule has 0 amide bonds. The number of ether oxygens (including phenoxy) is 1. The van der Waals surface area contributed by atoms with Gasteiger partial charge in [-0.05, 0) is 11.6 Å². The molecule has 1 rings (SSSR count). The Kier molecular flexibility index (Phi) is 6.14. The summed E-state index contributed by atoms with van der Waals surface area (Å²) >= 11 is 0. The van der Waals surface area contributed by atoms with E-state index in [-0.39, 0.29) is 5.88 Å². The monoisotopic (exact) mass is 286 g/mol. The van der Waals surface area contributed by atoms with E-state index in [1.165, 1.54) is 6.20 Å². The number of pyridine rings is 1. The average molecular weight is 286 g/mol. The molecule has 1 heterocycles. The number of alkyl halides is 2. The van der Waals surface area contributed by atoms with Gasteiger partial charge in [0.05, 0.1) is 6.54 Å². The van der Waals surface area contributed by atoms with Gasteiger partial charge in [0.2, 0.25) is 5.88 Å². The number of hydrogen-bond acceptors (Lipinski definition) is 3. The van der Waals surface area contributed by atoms with Crippen molar-refractivity contribution in [1.82, 2.24) is 14.8 Å². The number of aromatic nitrogens is 1. The summed E-state index contributed by atoms with van der Waals surface area (Å²) in [4.78, 5) is 12.1. The molecule has 5 nitrogen and oxygen atoms in total. The summed E-state index contributed by atoms with van der Waals surface area (Å²) in [5.41, 5.74) is 0.852. The van der Waals surface area contributed by atoms with Crippen molar-refractivity contribution in [3.8, 4) is 5.88 Å². The second kappa shape index (κ2) is 7.62. The zero-order valence-corrected chi connectivity index (χ0v) is 12.2. The molecule has 0 N–H and O–H groups in total. The van der Waals surface area contributed by atoms with E-state index in [0.29, 0.717) is 6.54 Å². The second-order valence-corrected chi connectivity index (χ2v) is 4.61. The maximum absolute atomic E-state index is 12.1. The minimum atomic E-state index is -2.51. The van der Waals surface area contributed by atoms with E-state index in [1.807, 2.05) is 38.0 Å². The van der Waals surface area contributed by atoms with Gasteiger partial charge in [0.1, 0.15) is 0 Å². The predicted molar refractivity (Wildman–Crippen MR) is 74.2 cm³/mol. The van der Waals surface area contributed by atoms with Crippen molar-refractivity contribution < 1.29 is 13.5 Å². The molecule has 7 heteroatoms. The van der Waals surface area contributed by atoms with Crippen LogP contribution < -0.4 is 4.74 Å². The Morgan fingerprint density at radius 1 is 1.30 bits per heavy atom. The van der Waals surface area contributed by atoms with Crippen LogP contribution in [0.3, 0.4) is 0 Å². The van der Waals surface area contributed by atoms with Crippen LogP contribution in [0, 0.1) is 0 Å². The van der Waals surface area contributed by atoms with Gasteiger partial charge in [0.15, 0.2) is 12.6 Å². The van der Waals surface area contributed by atoms with Gasteiger partial charge in [0, 0.05) is 40.5 Å². The van der Waals surface area contributed by atoms with Crippen molar-refractivity contribution in [2.45, 2.75) is 13.0 Å². The topological polar surface area (TPSA) is 41.0 Å². The Balaban J connectivity index is 2.72. The minimum Gasteiger partial charge on any atom is -0.472 e. The molecular weight excluding hydrogens is 266 g/mol. The summed E-state index contributed by atoms with van der Waals surface area (Å²) in [5, 5.41) is 0. The molecule has 0 aromatic carbocycles. The zero-order valence-electron chi connectivity index (χ0n) is 12.2. The number of guanidine groups is 1. The third kappa shape index (κ3) is 5.38. The predicted octanol–water partition coefficient (Wildman–Crippen LogP) is 1.70. The van der Waals surface area contributed by atoms with E-state index in [1.54, 1.807) is 12.1 Å². The normalized spacial score (nSPS) is 10.3. The molecule has 0 aliphatic rings. The van der Waals surface area contributed by atoms with Crippen molar-refractivity contribution in [3.63, 3.8) is 0 Å². The van der Waals surface area contributed by atoms with Gasteiger partial charge in [-0.2, -0.15) is 0 Å². The summed E-state index contributed by atoms with van der Waals surface area (Å²) in [6.07, 6.45) is -0.982. The third-order valence-corrected chi connectivity index (χ3v) is 2.36. The Morgan fingerprint density at radius 2 is 1.95 bits per heavy atom. The maximum Gasteiger partial charge on any atom is 0.272 e. The SMILES string of the molecule is CN(C)C(=NCc1ccnc(OCC(F)F)c1)N(C)C. The second-order valence-electron chi connectivity index (χ2n) is 4.61. The Hall–Kier alpha value is -1.92. The van der Waals surface area contributed by atoms with Gasteiger partial charge >= 0.3 is 0 Å². The van der Waals surface area contributed by atoms with Gasteiger partial charge in [0.25, 0.3) is 6.43 Å². The molecule has 1 aromatic heterocycles. The standard InChI is InChI=1S/C13H20F2N4O/c1-18(2)13(19(3)4)17-8-10-5-6-16-12(7-10)20-9-11(14)15/h5-7,11H,8-9H2,1-4H3. The van der Waals surface area contributed by atoms with Crippen LogP contribution in [0.4, 0.5) is 8.78 Å². The van der Waals surface area contributed by atoms with Crippen molar-refractivity contribution in [2.75, 3.05) is 34.8 Å². The molecule has 0 radical (unpaired) electrons. The fourth-order valence-electron chi connectivity index (χ4n) is 1.62. The quantitative estimate of drug-likeness (QED) is 0.610. The molecule has 0 aliphatic heterocycles. The smallest absolute Gasteiger partial charge is 0.272 e. The largest absolute Gasteiger partial charge is 0.472 e. The molecule has 0 saturated carbocycles. The molecule has 0 atom stereocenters. The van der Waals surface area contributed by atoms with Crippen LogP contribution in [0.5, 0.6) is 5.88 Å². The van der Waals surface area contributed by atoms with E-state index in [4.69, 9.17) is 4.74 Å². The highest BCUT2D eigenvalue weighted by Crippen LogP contribution is 2.11. The molecule has 112 valence electrons. The summed E-state index contributed by atoms with van der Waals surface area (Å²) < 4.78 is 29.0. The van der Waals surface area contributed by atoms with E-state index >= 15 is 0 Å². The van der Waals surface area contributed by atoms with Crippen molar-refractivity contribution in [2.24, 2.45) is 4.99 Å². The summed E-state index contributed by atoms with van der Waals surface area (Å²) in [5.74, 6) is 1.01. The van der Waals surface area contributed by atoms with Crippen LogP contribution in [0.25, 0.3) is 0 Å². The fraction of sp³-hybridized carbons (Fsp3) is 0.538. The number of aliphatic imine (C=N–C) groups is 1. The molecule has 0 fully saturated rings. The van der Waals surface area contributed by atoms with E-state index < -0.39 is 13.0 Å². The summed E-state index contributed by atoms with van der Waals surface area (Å²) in [6.45, 7) is -0.223. The zero-order chi connectivity index (χ0) is 15.1. The number of nitrogens with zero attached hydrogens (tertiary/aromatic N) is 4. The Labute approximate surface area is 117 Å². The van der Waals surface area contributed by atoms with Crippen LogP contribution in [0.1, 0.15) is 5.56 Å². The molecular formula is C13H20F2N4O. The highest BCUT2D eigenvalue weighted by molar-refractivity contribution is 5.79. The first-order chi connectivity index (χ1) is 9.40. The van der Waals surface area contributed by atoms with Crippen LogP contribution in [0.2, 0.25) is 0 Å². The summed E-state index contributed by atoms with van der Waals surface area (Å²) in [7, 11) is 7.62. The highest BCUT2D eigenvalue weighted by Gasteiger charge is 2.06. The Bertz CT molecular complexity index is 440. The van der Waals surface area contributed by atoms with Gasteiger partial charge in [-0.1, -0.05) is 0 Å². The maximum atomic E-state index is 12.1. The van der Waals surface area contributed by atoms with Crippen LogP contribution >= 0.6 is 0 Å². The lowest BCUT2D eigenvalue weighted by Gasteiger charge is -2.22. The van der Waals surface area contributed by atoms with E-state index in [0.717, 1.165) is 11.5 Å².